The average Bonchev–Trinajstić information content (AvgIpc) is 2.83. The Hall–Kier alpha value is 0.640. The van der Waals surface area contributed by atoms with Crippen LogP contribution in [0.5, 0.6) is 0 Å². The Morgan fingerprint density at radius 1 is 1.29 bits per heavy atom. The van der Waals surface area contributed by atoms with E-state index in [1.54, 1.807) is 18.2 Å². The molecule has 1 aliphatic carbocycles. The van der Waals surface area contributed by atoms with Crippen molar-refractivity contribution >= 4 is 32.6 Å². The molecule has 0 radical (unpaired) electrons. The predicted molar refractivity (Wildman–Crippen MR) is 80.8 cm³/mol. The minimum absolute atomic E-state index is 0.239. The normalized spacial score (nSPS) is 21.2. The molecule has 0 amide bonds. The Morgan fingerprint density at radius 2 is 1.76 bits per heavy atom. The van der Waals surface area contributed by atoms with E-state index in [0.29, 0.717) is 5.92 Å². The first-order chi connectivity index (χ1) is 7.59. The minimum atomic E-state index is -3.15. The summed E-state index contributed by atoms with van der Waals surface area (Å²) in [6, 6.07) is 0.239. The average molecular weight is 373 g/mol. The van der Waals surface area contributed by atoms with Gasteiger partial charge < -0.3 is 0 Å². The lowest BCUT2D eigenvalue weighted by Gasteiger charge is -2.38. The molecule has 1 saturated carbocycles. The summed E-state index contributed by atoms with van der Waals surface area (Å²) in [6.07, 6.45) is 2.93. The standard InChI is InChI=1S/C12H24INO2S/c1-9(2)8-12(5,13)14(11-6-7-11)17(15,16)10(3)4/h9-11H,6-8H2,1-5H3/t12-/m0/s1. The highest BCUT2D eigenvalue weighted by Gasteiger charge is 2.47. The molecule has 0 aromatic carbocycles. The van der Waals surface area contributed by atoms with Crippen LogP contribution in [0.25, 0.3) is 0 Å². The summed E-state index contributed by atoms with van der Waals surface area (Å²) in [5, 5.41) is -0.329. The Kier molecular flexibility index (Phi) is 4.92. The molecule has 0 N–H and O–H groups in total. The number of rotatable bonds is 6. The van der Waals surface area contributed by atoms with Gasteiger partial charge in [-0.1, -0.05) is 36.4 Å². The van der Waals surface area contributed by atoms with E-state index < -0.39 is 10.0 Å². The van der Waals surface area contributed by atoms with Gasteiger partial charge in [-0.05, 0) is 46.0 Å². The van der Waals surface area contributed by atoms with E-state index in [9.17, 15) is 8.42 Å². The van der Waals surface area contributed by atoms with Gasteiger partial charge in [0.15, 0.2) is 0 Å². The molecule has 0 aromatic heterocycles. The van der Waals surface area contributed by atoms with Gasteiger partial charge in [0.1, 0.15) is 0 Å². The van der Waals surface area contributed by atoms with Crippen molar-refractivity contribution in [2.24, 2.45) is 5.92 Å². The Balaban J connectivity index is 3.01. The molecule has 3 nitrogen and oxygen atoms in total. The fourth-order valence-corrected chi connectivity index (χ4v) is 6.01. The van der Waals surface area contributed by atoms with E-state index >= 15 is 0 Å². The summed E-state index contributed by atoms with van der Waals surface area (Å²) >= 11 is 2.31. The first kappa shape index (κ1) is 15.7. The predicted octanol–water partition coefficient (Wildman–Crippen LogP) is 3.39. The first-order valence-electron chi connectivity index (χ1n) is 6.31. The third-order valence-electron chi connectivity index (χ3n) is 2.99. The maximum atomic E-state index is 12.5. The molecule has 1 fully saturated rings. The van der Waals surface area contributed by atoms with Crippen molar-refractivity contribution in [3.05, 3.63) is 0 Å². The number of alkyl halides is 1. The van der Waals surface area contributed by atoms with Crippen LogP contribution in [-0.2, 0) is 10.0 Å². The summed E-state index contributed by atoms with van der Waals surface area (Å²) < 4.78 is 26.4. The molecule has 0 spiro atoms. The molecule has 1 atom stereocenters. The zero-order valence-corrected chi connectivity index (χ0v) is 14.4. The molecule has 102 valence electrons. The van der Waals surface area contributed by atoms with Crippen molar-refractivity contribution in [1.29, 1.82) is 0 Å². The molecule has 0 saturated heterocycles. The zero-order valence-electron chi connectivity index (χ0n) is 11.4. The third kappa shape index (κ3) is 3.80. The molecule has 0 bridgehead atoms. The highest BCUT2D eigenvalue weighted by atomic mass is 127. The molecule has 17 heavy (non-hydrogen) atoms. The number of nitrogens with zero attached hydrogens (tertiary/aromatic N) is 1. The van der Waals surface area contributed by atoms with Crippen molar-refractivity contribution in [2.75, 3.05) is 0 Å². The van der Waals surface area contributed by atoms with Crippen LogP contribution >= 0.6 is 22.6 Å². The largest absolute Gasteiger partial charge is 0.217 e. The molecule has 1 aliphatic rings. The highest BCUT2D eigenvalue weighted by Crippen LogP contribution is 2.42. The zero-order chi connectivity index (χ0) is 13.4. The Bertz CT molecular complexity index is 359. The molecular formula is C12H24INO2S. The Labute approximate surface area is 120 Å². The number of halogens is 1. The van der Waals surface area contributed by atoms with Gasteiger partial charge in [0.05, 0.1) is 8.80 Å². The van der Waals surface area contributed by atoms with Crippen molar-refractivity contribution in [2.45, 2.75) is 68.7 Å². The van der Waals surface area contributed by atoms with E-state index in [-0.39, 0.29) is 14.8 Å². The molecule has 5 heteroatoms. The first-order valence-corrected chi connectivity index (χ1v) is 8.89. The van der Waals surface area contributed by atoms with Crippen LogP contribution in [0.15, 0.2) is 0 Å². The molecule has 1 rings (SSSR count). The van der Waals surface area contributed by atoms with Crippen molar-refractivity contribution in [3.8, 4) is 0 Å². The van der Waals surface area contributed by atoms with E-state index in [1.807, 2.05) is 6.92 Å². The fraction of sp³-hybridized carbons (Fsp3) is 1.00. The molecule has 0 aliphatic heterocycles. The number of hydrogen-bond acceptors (Lipinski definition) is 2. The van der Waals surface area contributed by atoms with E-state index in [2.05, 4.69) is 36.4 Å². The lowest BCUT2D eigenvalue weighted by Crippen LogP contribution is -2.50. The third-order valence-corrected chi connectivity index (χ3v) is 6.72. The van der Waals surface area contributed by atoms with Crippen LogP contribution < -0.4 is 0 Å². The van der Waals surface area contributed by atoms with Gasteiger partial charge in [-0.25, -0.2) is 8.42 Å². The lowest BCUT2D eigenvalue weighted by molar-refractivity contribution is 0.272. The maximum absolute atomic E-state index is 12.5. The van der Waals surface area contributed by atoms with Crippen LogP contribution in [0.2, 0.25) is 0 Å². The van der Waals surface area contributed by atoms with Crippen molar-refractivity contribution in [3.63, 3.8) is 0 Å². The van der Waals surface area contributed by atoms with Gasteiger partial charge in [0, 0.05) is 6.04 Å². The maximum Gasteiger partial charge on any atom is 0.217 e. The van der Waals surface area contributed by atoms with Crippen LogP contribution in [0.1, 0.15) is 53.9 Å². The van der Waals surface area contributed by atoms with Crippen molar-refractivity contribution < 1.29 is 8.42 Å². The molecule has 0 aromatic rings. The lowest BCUT2D eigenvalue weighted by atomic mass is 10.1. The smallest absolute Gasteiger partial charge is 0.212 e. The van der Waals surface area contributed by atoms with Gasteiger partial charge in [0.25, 0.3) is 0 Å². The fourth-order valence-electron chi connectivity index (χ4n) is 2.23. The van der Waals surface area contributed by atoms with Crippen molar-refractivity contribution in [1.82, 2.24) is 4.31 Å². The van der Waals surface area contributed by atoms with Gasteiger partial charge in [0.2, 0.25) is 10.0 Å². The van der Waals surface area contributed by atoms with Crippen LogP contribution in [-0.4, -0.2) is 27.6 Å². The topological polar surface area (TPSA) is 37.4 Å². The quantitative estimate of drug-likeness (QED) is 0.407. The van der Waals surface area contributed by atoms with Gasteiger partial charge in [-0.3, -0.25) is 0 Å². The van der Waals surface area contributed by atoms with Gasteiger partial charge >= 0.3 is 0 Å². The van der Waals surface area contributed by atoms with Crippen LogP contribution in [0, 0.1) is 5.92 Å². The van der Waals surface area contributed by atoms with Crippen LogP contribution in [0.4, 0.5) is 0 Å². The summed E-state index contributed by atoms with van der Waals surface area (Å²) in [6.45, 7) is 9.87. The monoisotopic (exact) mass is 373 g/mol. The van der Waals surface area contributed by atoms with E-state index in [0.717, 1.165) is 19.3 Å². The SMILES string of the molecule is CC(C)C[C@@](C)(I)N(C1CC1)S(=O)(=O)C(C)C. The summed E-state index contributed by atoms with van der Waals surface area (Å²) in [4.78, 5) is 0. The van der Waals surface area contributed by atoms with E-state index in [4.69, 9.17) is 0 Å². The second kappa shape index (κ2) is 5.33. The molecule has 0 heterocycles. The highest BCUT2D eigenvalue weighted by molar-refractivity contribution is 14.1. The summed E-state index contributed by atoms with van der Waals surface area (Å²) in [7, 11) is -3.15. The summed E-state index contributed by atoms with van der Waals surface area (Å²) in [5.74, 6) is 0.500. The van der Waals surface area contributed by atoms with Gasteiger partial charge in [-0.2, -0.15) is 4.31 Å². The second-order valence-electron chi connectivity index (χ2n) is 5.86. The minimum Gasteiger partial charge on any atom is -0.212 e. The molecule has 0 unspecified atom stereocenters. The van der Waals surface area contributed by atoms with Crippen LogP contribution in [0.3, 0.4) is 0 Å². The van der Waals surface area contributed by atoms with Gasteiger partial charge in [-0.15, -0.1) is 0 Å². The van der Waals surface area contributed by atoms with E-state index in [1.165, 1.54) is 0 Å². The second-order valence-corrected chi connectivity index (χ2v) is 10.6. The number of hydrogen-bond donors (Lipinski definition) is 0. The molecular weight excluding hydrogens is 349 g/mol. The number of sulfonamides is 1. The summed E-state index contributed by atoms with van der Waals surface area (Å²) in [5.41, 5.74) is 0. The Morgan fingerprint density at radius 3 is 2.06 bits per heavy atom.